The number of hydrogen-bond acceptors (Lipinski definition) is 4. The fraction of sp³-hybridized carbons (Fsp3) is 0.333. The average molecular weight is 311 g/mol. The number of hydrogen-bond donors (Lipinski definition) is 1. The first-order valence-corrected chi connectivity index (χ1v) is 7.66. The fourth-order valence-electron chi connectivity index (χ4n) is 2.45. The van der Waals surface area contributed by atoms with Gasteiger partial charge in [0.15, 0.2) is 5.76 Å². The SMILES string of the molecule is CC(C)(C)n1nc(-c2ccco2)nc1Cc1ccc(CO)cc1. The zero-order valence-corrected chi connectivity index (χ0v) is 13.7. The summed E-state index contributed by atoms with van der Waals surface area (Å²) in [5.41, 5.74) is 1.87. The second-order valence-corrected chi connectivity index (χ2v) is 6.56. The van der Waals surface area contributed by atoms with E-state index in [1.165, 1.54) is 0 Å². The molecule has 23 heavy (non-hydrogen) atoms. The van der Waals surface area contributed by atoms with E-state index in [0.29, 0.717) is 18.0 Å². The van der Waals surface area contributed by atoms with Crippen LogP contribution in [-0.2, 0) is 18.6 Å². The number of aliphatic hydroxyl groups excluding tert-OH is 1. The molecule has 3 aromatic rings. The molecule has 0 saturated heterocycles. The lowest BCUT2D eigenvalue weighted by molar-refractivity contribution is 0.282. The van der Waals surface area contributed by atoms with Crippen molar-refractivity contribution in [1.29, 1.82) is 0 Å². The molecule has 120 valence electrons. The largest absolute Gasteiger partial charge is 0.461 e. The van der Waals surface area contributed by atoms with Crippen LogP contribution in [0.2, 0.25) is 0 Å². The number of aromatic nitrogens is 3. The van der Waals surface area contributed by atoms with Crippen LogP contribution in [0.4, 0.5) is 0 Å². The monoisotopic (exact) mass is 311 g/mol. The van der Waals surface area contributed by atoms with Crippen molar-refractivity contribution in [3.63, 3.8) is 0 Å². The molecule has 0 radical (unpaired) electrons. The zero-order chi connectivity index (χ0) is 16.4. The van der Waals surface area contributed by atoms with E-state index < -0.39 is 0 Å². The number of benzene rings is 1. The van der Waals surface area contributed by atoms with E-state index in [9.17, 15) is 0 Å². The fourth-order valence-corrected chi connectivity index (χ4v) is 2.45. The molecule has 0 bridgehead atoms. The average Bonchev–Trinajstić information content (AvgIpc) is 3.16. The number of nitrogens with zero attached hydrogens (tertiary/aromatic N) is 3. The lowest BCUT2D eigenvalue weighted by atomic mass is 10.1. The van der Waals surface area contributed by atoms with Gasteiger partial charge in [0.25, 0.3) is 0 Å². The maximum Gasteiger partial charge on any atom is 0.217 e. The minimum Gasteiger partial charge on any atom is -0.461 e. The van der Waals surface area contributed by atoms with Crippen molar-refractivity contribution in [3.05, 3.63) is 59.6 Å². The van der Waals surface area contributed by atoms with Gasteiger partial charge in [-0.3, -0.25) is 0 Å². The van der Waals surface area contributed by atoms with Crippen LogP contribution in [0.15, 0.2) is 47.1 Å². The third kappa shape index (κ3) is 3.35. The highest BCUT2D eigenvalue weighted by molar-refractivity contribution is 5.45. The van der Waals surface area contributed by atoms with Crippen molar-refractivity contribution in [3.8, 4) is 11.6 Å². The highest BCUT2D eigenvalue weighted by atomic mass is 16.3. The Hall–Kier alpha value is -2.40. The first kappa shape index (κ1) is 15.5. The summed E-state index contributed by atoms with van der Waals surface area (Å²) in [5, 5.41) is 13.8. The summed E-state index contributed by atoms with van der Waals surface area (Å²) in [6.45, 7) is 6.37. The number of rotatable bonds is 4. The number of aliphatic hydroxyl groups is 1. The molecule has 0 unspecified atom stereocenters. The van der Waals surface area contributed by atoms with Crippen LogP contribution in [0, 0.1) is 0 Å². The molecule has 1 aromatic carbocycles. The summed E-state index contributed by atoms with van der Waals surface area (Å²) in [4.78, 5) is 4.67. The Morgan fingerprint density at radius 1 is 1.09 bits per heavy atom. The molecule has 0 spiro atoms. The van der Waals surface area contributed by atoms with E-state index >= 15 is 0 Å². The molecule has 2 aromatic heterocycles. The Balaban J connectivity index is 1.96. The van der Waals surface area contributed by atoms with Gasteiger partial charge in [-0.2, -0.15) is 0 Å². The standard InChI is InChI=1S/C18H21N3O2/c1-18(2,3)21-16(11-13-6-8-14(12-22)9-7-13)19-17(20-21)15-5-4-10-23-15/h4-10,22H,11-12H2,1-3H3. The Labute approximate surface area is 135 Å². The van der Waals surface area contributed by atoms with Crippen molar-refractivity contribution in [2.75, 3.05) is 0 Å². The topological polar surface area (TPSA) is 64.1 Å². The van der Waals surface area contributed by atoms with Gasteiger partial charge >= 0.3 is 0 Å². The van der Waals surface area contributed by atoms with E-state index in [1.54, 1.807) is 6.26 Å². The summed E-state index contributed by atoms with van der Waals surface area (Å²) in [5.74, 6) is 2.16. The van der Waals surface area contributed by atoms with Gasteiger partial charge in [0.05, 0.1) is 18.4 Å². The van der Waals surface area contributed by atoms with Crippen LogP contribution < -0.4 is 0 Å². The molecular weight excluding hydrogens is 290 g/mol. The number of furan rings is 1. The third-order valence-corrected chi connectivity index (χ3v) is 3.62. The van der Waals surface area contributed by atoms with Gasteiger partial charge in [0, 0.05) is 6.42 Å². The molecule has 3 rings (SSSR count). The quantitative estimate of drug-likeness (QED) is 0.802. The Morgan fingerprint density at radius 3 is 2.35 bits per heavy atom. The van der Waals surface area contributed by atoms with Gasteiger partial charge in [-0.25, -0.2) is 9.67 Å². The summed E-state index contributed by atoms with van der Waals surface area (Å²) >= 11 is 0. The predicted molar refractivity (Wildman–Crippen MR) is 87.9 cm³/mol. The molecule has 5 heteroatoms. The highest BCUT2D eigenvalue weighted by Crippen LogP contribution is 2.23. The maximum absolute atomic E-state index is 9.14. The van der Waals surface area contributed by atoms with Crippen LogP contribution in [0.3, 0.4) is 0 Å². The van der Waals surface area contributed by atoms with Crippen LogP contribution in [0.1, 0.15) is 37.7 Å². The summed E-state index contributed by atoms with van der Waals surface area (Å²) < 4.78 is 7.36. The lowest BCUT2D eigenvalue weighted by Crippen LogP contribution is -2.25. The second kappa shape index (κ2) is 6.01. The molecule has 2 heterocycles. The van der Waals surface area contributed by atoms with Crippen LogP contribution in [-0.4, -0.2) is 19.9 Å². The van der Waals surface area contributed by atoms with E-state index in [-0.39, 0.29) is 12.1 Å². The van der Waals surface area contributed by atoms with Crippen molar-refractivity contribution < 1.29 is 9.52 Å². The minimum atomic E-state index is -0.168. The first-order chi connectivity index (χ1) is 11.0. The van der Waals surface area contributed by atoms with Crippen LogP contribution >= 0.6 is 0 Å². The van der Waals surface area contributed by atoms with Crippen molar-refractivity contribution >= 4 is 0 Å². The molecule has 0 saturated carbocycles. The molecule has 0 fully saturated rings. The normalized spacial score (nSPS) is 11.8. The van der Waals surface area contributed by atoms with E-state index in [1.807, 2.05) is 41.1 Å². The van der Waals surface area contributed by atoms with Crippen molar-refractivity contribution in [2.24, 2.45) is 0 Å². The van der Waals surface area contributed by atoms with E-state index in [0.717, 1.165) is 17.0 Å². The lowest BCUT2D eigenvalue weighted by Gasteiger charge is -2.21. The van der Waals surface area contributed by atoms with E-state index in [2.05, 4.69) is 30.9 Å². The highest BCUT2D eigenvalue weighted by Gasteiger charge is 2.22. The third-order valence-electron chi connectivity index (χ3n) is 3.62. The van der Waals surface area contributed by atoms with Gasteiger partial charge in [0.1, 0.15) is 5.82 Å². The summed E-state index contributed by atoms with van der Waals surface area (Å²) in [6, 6.07) is 11.6. The summed E-state index contributed by atoms with van der Waals surface area (Å²) in [7, 11) is 0. The Morgan fingerprint density at radius 2 is 1.78 bits per heavy atom. The first-order valence-electron chi connectivity index (χ1n) is 7.66. The van der Waals surface area contributed by atoms with Crippen molar-refractivity contribution in [1.82, 2.24) is 14.8 Å². The Kier molecular flexibility index (Phi) is 4.05. The van der Waals surface area contributed by atoms with Crippen LogP contribution in [0.5, 0.6) is 0 Å². The molecule has 0 aliphatic rings. The molecule has 1 N–H and O–H groups in total. The van der Waals surface area contributed by atoms with Crippen LogP contribution in [0.25, 0.3) is 11.6 Å². The molecule has 0 aliphatic carbocycles. The second-order valence-electron chi connectivity index (χ2n) is 6.56. The molecule has 5 nitrogen and oxygen atoms in total. The van der Waals surface area contributed by atoms with Gasteiger partial charge < -0.3 is 9.52 Å². The molecule has 0 aliphatic heterocycles. The molecular formula is C18H21N3O2. The Bertz CT molecular complexity index is 766. The minimum absolute atomic E-state index is 0.0566. The smallest absolute Gasteiger partial charge is 0.217 e. The van der Waals surface area contributed by atoms with E-state index in [4.69, 9.17) is 9.52 Å². The van der Waals surface area contributed by atoms with Crippen molar-refractivity contribution in [2.45, 2.75) is 39.3 Å². The maximum atomic E-state index is 9.14. The molecule has 0 atom stereocenters. The van der Waals surface area contributed by atoms with Gasteiger partial charge in [-0.15, -0.1) is 5.10 Å². The summed E-state index contributed by atoms with van der Waals surface area (Å²) in [6.07, 6.45) is 2.30. The van der Waals surface area contributed by atoms with Gasteiger partial charge in [-0.1, -0.05) is 24.3 Å². The predicted octanol–water partition coefficient (Wildman–Crippen LogP) is 3.38. The molecule has 0 amide bonds. The van der Waals surface area contributed by atoms with Gasteiger partial charge in [0.2, 0.25) is 5.82 Å². The zero-order valence-electron chi connectivity index (χ0n) is 13.7. The van der Waals surface area contributed by atoms with Gasteiger partial charge in [-0.05, 0) is 44.0 Å².